The van der Waals surface area contributed by atoms with Crippen molar-refractivity contribution in [2.45, 2.75) is 13.8 Å². The van der Waals surface area contributed by atoms with Crippen LogP contribution in [0.2, 0.25) is 0 Å². The number of anilines is 2. The van der Waals surface area contributed by atoms with Gasteiger partial charge in [0.1, 0.15) is 11.7 Å². The Labute approximate surface area is 108 Å². The van der Waals surface area contributed by atoms with Crippen LogP contribution < -0.4 is 10.6 Å². The zero-order chi connectivity index (χ0) is 14.6. The van der Waals surface area contributed by atoms with Gasteiger partial charge in [-0.2, -0.15) is 0 Å². The third kappa shape index (κ3) is 4.06. The van der Waals surface area contributed by atoms with Crippen LogP contribution in [0.5, 0.6) is 0 Å². The Morgan fingerprint density at radius 2 is 1.89 bits per heavy atom. The second kappa shape index (κ2) is 5.94. The first-order valence-electron chi connectivity index (χ1n) is 5.42. The standard InChI is InChI=1S/C12H13FN2O4/c1-6(12(18)19)11(17)15-10-5-8(14-7(2)16)3-4-9(10)13/h3-6H,1-2H3,(H,14,16)(H,15,17)(H,18,19). The van der Waals surface area contributed by atoms with Crippen LogP contribution in [0, 0.1) is 11.7 Å². The lowest BCUT2D eigenvalue weighted by molar-refractivity contribution is -0.144. The summed E-state index contributed by atoms with van der Waals surface area (Å²) in [4.78, 5) is 33.0. The van der Waals surface area contributed by atoms with Crippen molar-refractivity contribution in [3.63, 3.8) is 0 Å². The summed E-state index contributed by atoms with van der Waals surface area (Å²) in [6.45, 7) is 2.47. The number of aliphatic carboxylic acids is 1. The molecule has 7 heteroatoms. The highest BCUT2D eigenvalue weighted by molar-refractivity contribution is 6.04. The van der Waals surface area contributed by atoms with Gasteiger partial charge < -0.3 is 15.7 Å². The van der Waals surface area contributed by atoms with E-state index in [2.05, 4.69) is 10.6 Å². The first kappa shape index (κ1) is 14.6. The first-order chi connectivity index (χ1) is 8.81. The van der Waals surface area contributed by atoms with Crippen LogP contribution in [-0.4, -0.2) is 22.9 Å². The summed E-state index contributed by atoms with van der Waals surface area (Å²) < 4.78 is 13.5. The van der Waals surface area contributed by atoms with Gasteiger partial charge in [0, 0.05) is 12.6 Å². The molecule has 1 atom stereocenters. The molecular formula is C12H13FN2O4. The summed E-state index contributed by atoms with van der Waals surface area (Å²) in [5.41, 5.74) is 0.108. The van der Waals surface area contributed by atoms with Crippen LogP contribution in [0.25, 0.3) is 0 Å². The fourth-order valence-electron chi connectivity index (χ4n) is 1.26. The normalized spacial score (nSPS) is 11.5. The van der Waals surface area contributed by atoms with Crippen molar-refractivity contribution >= 4 is 29.2 Å². The Morgan fingerprint density at radius 3 is 2.42 bits per heavy atom. The van der Waals surface area contributed by atoms with Crippen molar-refractivity contribution in [1.82, 2.24) is 0 Å². The molecule has 19 heavy (non-hydrogen) atoms. The van der Waals surface area contributed by atoms with Gasteiger partial charge in [-0.25, -0.2) is 4.39 Å². The molecule has 0 aromatic heterocycles. The maximum absolute atomic E-state index is 13.5. The van der Waals surface area contributed by atoms with Gasteiger partial charge in [0.15, 0.2) is 0 Å². The number of nitrogens with one attached hydrogen (secondary N) is 2. The summed E-state index contributed by atoms with van der Waals surface area (Å²) in [7, 11) is 0. The quantitative estimate of drug-likeness (QED) is 0.720. The van der Waals surface area contributed by atoms with E-state index in [1.165, 1.54) is 26.0 Å². The summed E-state index contributed by atoms with van der Waals surface area (Å²) in [5, 5.41) is 13.2. The molecule has 0 bridgehead atoms. The fourth-order valence-corrected chi connectivity index (χ4v) is 1.26. The van der Waals surface area contributed by atoms with Crippen LogP contribution in [0.1, 0.15) is 13.8 Å². The topological polar surface area (TPSA) is 95.5 Å². The number of carbonyl (C=O) groups excluding carboxylic acids is 2. The monoisotopic (exact) mass is 268 g/mol. The largest absolute Gasteiger partial charge is 0.481 e. The molecule has 0 heterocycles. The lowest BCUT2D eigenvalue weighted by Gasteiger charge is -2.11. The molecule has 1 rings (SSSR count). The Hall–Kier alpha value is -2.44. The number of rotatable bonds is 4. The first-order valence-corrected chi connectivity index (χ1v) is 5.42. The lowest BCUT2D eigenvalue weighted by atomic mass is 10.1. The molecule has 102 valence electrons. The molecule has 0 aliphatic heterocycles. The zero-order valence-corrected chi connectivity index (χ0v) is 10.4. The van der Waals surface area contributed by atoms with Gasteiger partial charge in [0.05, 0.1) is 5.69 Å². The van der Waals surface area contributed by atoms with E-state index in [0.29, 0.717) is 5.69 Å². The average Bonchev–Trinajstić information content (AvgIpc) is 2.31. The minimum atomic E-state index is -1.31. The number of benzene rings is 1. The molecule has 0 radical (unpaired) electrons. The average molecular weight is 268 g/mol. The summed E-state index contributed by atoms with van der Waals surface area (Å²) in [6.07, 6.45) is 0. The van der Waals surface area contributed by atoms with Crippen molar-refractivity contribution in [1.29, 1.82) is 0 Å². The molecule has 6 nitrogen and oxygen atoms in total. The molecule has 0 aliphatic carbocycles. The van der Waals surface area contributed by atoms with Gasteiger partial charge >= 0.3 is 5.97 Å². The molecule has 2 amide bonds. The van der Waals surface area contributed by atoms with Gasteiger partial charge in [0.2, 0.25) is 11.8 Å². The Morgan fingerprint density at radius 1 is 1.26 bits per heavy atom. The number of hydrogen-bond acceptors (Lipinski definition) is 3. The maximum Gasteiger partial charge on any atom is 0.315 e. The lowest BCUT2D eigenvalue weighted by Crippen LogP contribution is -2.27. The van der Waals surface area contributed by atoms with Gasteiger partial charge in [-0.3, -0.25) is 14.4 Å². The van der Waals surface area contributed by atoms with E-state index in [-0.39, 0.29) is 11.6 Å². The predicted octanol–water partition coefficient (Wildman–Crippen LogP) is 1.44. The highest BCUT2D eigenvalue weighted by Gasteiger charge is 2.21. The van der Waals surface area contributed by atoms with E-state index < -0.39 is 23.6 Å². The van der Waals surface area contributed by atoms with Crippen LogP contribution >= 0.6 is 0 Å². The maximum atomic E-state index is 13.5. The Bertz CT molecular complexity index is 530. The van der Waals surface area contributed by atoms with Crippen molar-refractivity contribution in [2.24, 2.45) is 5.92 Å². The summed E-state index contributed by atoms with van der Waals surface area (Å²) in [6, 6.07) is 3.60. The number of amides is 2. The van der Waals surface area contributed by atoms with E-state index in [4.69, 9.17) is 5.11 Å². The number of hydrogen-bond donors (Lipinski definition) is 3. The second-order valence-electron chi connectivity index (χ2n) is 3.92. The number of carbonyl (C=O) groups is 3. The highest BCUT2D eigenvalue weighted by atomic mass is 19.1. The van der Waals surface area contributed by atoms with Crippen LogP contribution in [-0.2, 0) is 14.4 Å². The molecule has 0 spiro atoms. The highest BCUT2D eigenvalue weighted by Crippen LogP contribution is 2.20. The molecule has 3 N–H and O–H groups in total. The molecular weight excluding hydrogens is 255 g/mol. The van der Waals surface area contributed by atoms with E-state index in [1.54, 1.807) is 0 Å². The van der Waals surface area contributed by atoms with Crippen molar-refractivity contribution in [2.75, 3.05) is 10.6 Å². The Balaban J connectivity index is 2.91. The second-order valence-corrected chi connectivity index (χ2v) is 3.92. The van der Waals surface area contributed by atoms with Crippen LogP contribution in [0.15, 0.2) is 18.2 Å². The van der Waals surface area contributed by atoms with Crippen LogP contribution in [0.4, 0.5) is 15.8 Å². The smallest absolute Gasteiger partial charge is 0.315 e. The Kier molecular flexibility index (Phi) is 4.57. The van der Waals surface area contributed by atoms with Crippen molar-refractivity contribution in [3.8, 4) is 0 Å². The minimum absolute atomic E-state index is 0.190. The van der Waals surface area contributed by atoms with Gasteiger partial charge in [0.25, 0.3) is 0 Å². The van der Waals surface area contributed by atoms with E-state index >= 15 is 0 Å². The molecule has 1 aromatic carbocycles. The van der Waals surface area contributed by atoms with E-state index in [9.17, 15) is 18.8 Å². The predicted molar refractivity (Wildman–Crippen MR) is 66.1 cm³/mol. The molecule has 0 saturated carbocycles. The molecule has 1 unspecified atom stereocenters. The number of halogens is 1. The molecule has 0 aliphatic rings. The fraction of sp³-hybridized carbons (Fsp3) is 0.250. The minimum Gasteiger partial charge on any atom is -0.481 e. The summed E-state index contributed by atoms with van der Waals surface area (Å²) in [5.74, 6) is -4.52. The van der Waals surface area contributed by atoms with Gasteiger partial charge in [-0.05, 0) is 25.1 Å². The SMILES string of the molecule is CC(=O)Nc1ccc(F)c(NC(=O)C(C)C(=O)O)c1. The van der Waals surface area contributed by atoms with Crippen molar-refractivity contribution in [3.05, 3.63) is 24.0 Å². The summed E-state index contributed by atoms with van der Waals surface area (Å²) >= 11 is 0. The van der Waals surface area contributed by atoms with E-state index in [1.807, 2.05) is 0 Å². The zero-order valence-electron chi connectivity index (χ0n) is 10.4. The van der Waals surface area contributed by atoms with Crippen LogP contribution in [0.3, 0.4) is 0 Å². The van der Waals surface area contributed by atoms with Gasteiger partial charge in [-0.15, -0.1) is 0 Å². The number of carboxylic acids is 1. The molecule has 0 saturated heterocycles. The van der Waals surface area contributed by atoms with Crippen molar-refractivity contribution < 1.29 is 23.9 Å². The molecule has 1 aromatic rings. The van der Waals surface area contributed by atoms with E-state index in [0.717, 1.165) is 6.07 Å². The number of carboxylic acid groups (broad SMARTS) is 1. The third-order valence-electron chi connectivity index (χ3n) is 2.31. The third-order valence-corrected chi connectivity index (χ3v) is 2.31. The molecule has 0 fully saturated rings. The van der Waals surface area contributed by atoms with Gasteiger partial charge in [-0.1, -0.05) is 0 Å².